The summed E-state index contributed by atoms with van der Waals surface area (Å²) in [6.45, 7) is 4.91. The van der Waals surface area contributed by atoms with Crippen LogP contribution in [0.3, 0.4) is 0 Å². The van der Waals surface area contributed by atoms with E-state index in [-0.39, 0.29) is 29.7 Å². The van der Waals surface area contributed by atoms with Crippen LogP contribution in [-0.2, 0) is 27.8 Å². The SMILES string of the molecule is CC[C@H]1O[C@@H](n2cnc3c(=O)[nH]c(C)nc32)C[C@H]1OP(C)(=O)OC[C@H]1O[C@@H](n2cnc(N)nc2=O)C[C@H]1OC. The van der Waals surface area contributed by atoms with Gasteiger partial charge in [-0.3, -0.25) is 18.5 Å². The number of H-pyrrole nitrogens is 1. The Morgan fingerprint density at radius 1 is 1.10 bits per heavy atom. The fourth-order valence-corrected chi connectivity index (χ4v) is 6.09. The largest absolute Gasteiger partial charge is 0.378 e. The van der Waals surface area contributed by atoms with Crippen LogP contribution in [0.15, 0.2) is 22.2 Å². The lowest BCUT2D eigenvalue weighted by Gasteiger charge is -2.24. The molecule has 2 aliphatic heterocycles. The number of aromatic amines is 1. The van der Waals surface area contributed by atoms with Crippen molar-refractivity contribution in [2.75, 3.05) is 26.1 Å². The fourth-order valence-electron chi connectivity index (χ4n) is 4.90. The molecule has 0 amide bonds. The summed E-state index contributed by atoms with van der Waals surface area (Å²) >= 11 is 0. The van der Waals surface area contributed by atoms with Gasteiger partial charge in [0.05, 0.1) is 31.2 Å². The van der Waals surface area contributed by atoms with Gasteiger partial charge < -0.3 is 34.0 Å². The van der Waals surface area contributed by atoms with E-state index in [1.165, 1.54) is 31.0 Å². The van der Waals surface area contributed by atoms with E-state index in [0.717, 1.165) is 0 Å². The first-order valence-corrected chi connectivity index (χ1v) is 14.5. The van der Waals surface area contributed by atoms with Crippen LogP contribution in [-0.4, -0.2) is 78.9 Å². The number of nitrogens with zero attached hydrogens (tertiary/aromatic N) is 6. The molecule has 0 aliphatic carbocycles. The molecule has 3 aromatic rings. The van der Waals surface area contributed by atoms with Crippen molar-refractivity contribution in [3.05, 3.63) is 39.3 Å². The minimum Gasteiger partial charge on any atom is -0.378 e. The highest BCUT2D eigenvalue weighted by Crippen LogP contribution is 2.50. The minimum atomic E-state index is -3.58. The number of nitrogens with one attached hydrogen (secondary N) is 1. The highest BCUT2D eigenvalue weighted by atomic mass is 31.2. The van der Waals surface area contributed by atoms with Crippen molar-refractivity contribution in [1.29, 1.82) is 0 Å². The van der Waals surface area contributed by atoms with Crippen molar-refractivity contribution in [1.82, 2.24) is 34.1 Å². The third-order valence-corrected chi connectivity index (χ3v) is 8.05. The van der Waals surface area contributed by atoms with E-state index >= 15 is 0 Å². The van der Waals surface area contributed by atoms with Gasteiger partial charge in [0.2, 0.25) is 5.95 Å². The number of anilines is 1. The minimum absolute atomic E-state index is 0.0979. The number of aromatic nitrogens is 7. The van der Waals surface area contributed by atoms with E-state index < -0.39 is 44.1 Å². The van der Waals surface area contributed by atoms with Crippen LogP contribution in [0.25, 0.3) is 11.2 Å². The molecule has 3 aromatic heterocycles. The number of hydrogen-bond donors (Lipinski definition) is 2. The zero-order chi connectivity index (χ0) is 27.9. The number of methoxy groups -OCH3 is 1. The number of fused-ring (bicyclic) bond motifs is 1. The van der Waals surface area contributed by atoms with Gasteiger partial charge in [-0.1, -0.05) is 6.92 Å². The first kappa shape index (κ1) is 27.6. The molecular formula is C22H31N8O8P. The van der Waals surface area contributed by atoms with Crippen molar-refractivity contribution in [3.63, 3.8) is 0 Å². The standard InChI is InChI=1S/C22H31N8O8P/c1-5-12-14(7-16(36-12)29-9-24-18-19(29)26-11(2)27-20(18)31)38-39(4,33)35-8-15-13(34-3)6-17(37-15)30-10-25-21(23)28-22(30)32/h9-10,12-17H,5-8H2,1-4H3,(H2,23,28,32)(H,26,27,31)/t12-,13-,14-,15-,16-,17-,39?/m1/s1. The van der Waals surface area contributed by atoms with Crippen molar-refractivity contribution in [2.45, 2.75) is 70.0 Å². The van der Waals surface area contributed by atoms with Gasteiger partial charge in [-0.15, -0.1) is 0 Å². The lowest BCUT2D eigenvalue weighted by molar-refractivity contribution is -0.0533. The van der Waals surface area contributed by atoms with Crippen LogP contribution in [0.1, 0.15) is 44.5 Å². The Kier molecular flexibility index (Phi) is 7.68. The summed E-state index contributed by atoms with van der Waals surface area (Å²) < 4.78 is 45.6. The van der Waals surface area contributed by atoms with Gasteiger partial charge in [-0.05, 0) is 13.3 Å². The predicted molar refractivity (Wildman–Crippen MR) is 136 cm³/mol. The van der Waals surface area contributed by atoms with Crippen LogP contribution in [0.2, 0.25) is 0 Å². The molecule has 5 heterocycles. The molecule has 2 fully saturated rings. The van der Waals surface area contributed by atoms with Gasteiger partial charge in [-0.25, -0.2) is 19.7 Å². The van der Waals surface area contributed by atoms with Crippen LogP contribution >= 0.6 is 7.60 Å². The molecule has 2 aliphatic rings. The zero-order valence-corrected chi connectivity index (χ0v) is 22.8. The highest BCUT2D eigenvalue weighted by Gasteiger charge is 2.42. The number of aryl methyl sites for hydroxylation is 1. The Hall–Kier alpha value is -3.01. The Bertz CT molecular complexity index is 1510. The van der Waals surface area contributed by atoms with Crippen LogP contribution < -0.4 is 17.0 Å². The summed E-state index contributed by atoms with van der Waals surface area (Å²) in [6, 6.07) is 0. The van der Waals surface area contributed by atoms with Crippen molar-refractivity contribution >= 4 is 24.7 Å². The third kappa shape index (κ3) is 5.66. The number of imidazole rings is 1. The number of hydrogen-bond acceptors (Lipinski definition) is 13. The van der Waals surface area contributed by atoms with E-state index in [9.17, 15) is 14.2 Å². The smallest absolute Gasteiger partial charge is 0.354 e. The van der Waals surface area contributed by atoms with E-state index in [0.29, 0.717) is 30.7 Å². The summed E-state index contributed by atoms with van der Waals surface area (Å²) in [5.74, 6) is 0.323. The first-order valence-electron chi connectivity index (χ1n) is 12.5. The molecule has 39 heavy (non-hydrogen) atoms. The highest BCUT2D eigenvalue weighted by molar-refractivity contribution is 7.53. The van der Waals surface area contributed by atoms with Gasteiger partial charge in [0.15, 0.2) is 11.2 Å². The average molecular weight is 567 g/mol. The lowest BCUT2D eigenvalue weighted by atomic mass is 10.1. The number of rotatable bonds is 9. The molecule has 16 nitrogen and oxygen atoms in total. The van der Waals surface area contributed by atoms with Crippen molar-refractivity contribution < 1.29 is 27.8 Å². The molecule has 0 spiro atoms. The molecule has 2 saturated heterocycles. The van der Waals surface area contributed by atoms with Gasteiger partial charge in [0.1, 0.15) is 30.7 Å². The number of nitrogen functional groups attached to an aromatic ring is 1. The maximum atomic E-state index is 13.4. The Labute approximate surface area is 222 Å². The van der Waals surface area contributed by atoms with Crippen molar-refractivity contribution in [2.24, 2.45) is 0 Å². The summed E-state index contributed by atoms with van der Waals surface area (Å²) in [5.41, 5.74) is 5.14. The molecule has 5 rings (SSSR count). The second-order valence-electron chi connectivity index (χ2n) is 9.50. The predicted octanol–water partition coefficient (Wildman–Crippen LogP) is 0.887. The van der Waals surface area contributed by atoms with Crippen LogP contribution in [0.5, 0.6) is 0 Å². The van der Waals surface area contributed by atoms with E-state index in [2.05, 4.69) is 24.9 Å². The van der Waals surface area contributed by atoms with Crippen molar-refractivity contribution in [3.8, 4) is 0 Å². The molecule has 17 heteroatoms. The second-order valence-corrected chi connectivity index (χ2v) is 11.5. The molecule has 0 bridgehead atoms. The van der Waals surface area contributed by atoms with Crippen LogP contribution in [0.4, 0.5) is 5.95 Å². The van der Waals surface area contributed by atoms with Gasteiger partial charge >= 0.3 is 13.3 Å². The van der Waals surface area contributed by atoms with Gasteiger partial charge in [0, 0.05) is 26.6 Å². The Balaban J connectivity index is 1.24. The number of nitrogens with two attached hydrogens (primary N) is 1. The van der Waals surface area contributed by atoms with E-state index in [1.54, 1.807) is 11.5 Å². The van der Waals surface area contributed by atoms with E-state index in [4.69, 9.17) is 29.0 Å². The second kappa shape index (κ2) is 10.9. The summed E-state index contributed by atoms with van der Waals surface area (Å²) in [7, 11) is -2.06. The summed E-state index contributed by atoms with van der Waals surface area (Å²) in [5, 5.41) is 0. The molecule has 0 aromatic carbocycles. The van der Waals surface area contributed by atoms with Gasteiger partial charge in [0.25, 0.3) is 5.56 Å². The van der Waals surface area contributed by atoms with Gasteiger partial charge in [-0.2, -0.15) is 4.98 Å². The molecule has 3 N–H and O–H groups in total. The normalized spacial score (nSPS) is 28.7. The molecule has 0 radical (unpaired) electrons. The zero-order valence-electron chi connectivity index (χ0n) is 21.9. The average Bonchev–Trinajstić information content (AvgIpc) is 3.59. The number of ether oxygens (including phenoxy) is 3. The molecule has 1 unspecified atom stereocenters. The molecule has 0 saturated carbocycles. The fraction of sp³-hybridized carbons (Fsp3) is 0.636. The molecule has 212 valence electrons. The topological polar surface area (TPSA) is 201 Å². The third-order valence-electron chi connectivity index (χ3n) is 6.78. The van der Waals surface area contributed by atoms with Crippen LogP contribution in [0, 0.1) is 6.92 Å². The Morgan fingerprint density at radius 3 is 2.51 bits per heavy atom. The molecule has 7 atom stereocenters. The monoisotopic (exact) mass is 566 g/mol. The Morgan fingerprint density at radius 2 is 1.79 bits per heavy atom. The summed E-state index contributed by atoms with van der Waals surface area (Å²) in [4.78, 5) is 43.1. The first-order chi connectivity index (χ1) is 18.6. The lowest BCUT2D eigenvalue weighted by Crippen LogP contribution is -2.30. The molecular weight excluding hydrogens is 535 g/mol. The summed E-state index contributed by atoms with van der Waals surface area (Å²) in [6.07, 6.45) is 0.851. The van der Waals surface area contributed by atoms with E-state index in [1.807, 2.05) is 6.92 Å². The quantitative estimate of drug-likeness (QED) is 0.346. The maximum Gasteiger partial charge on any atom is 0.354 e. The maximum absolute atomic E-state index is 13.4.